The molecular formula is C29H34N6O. The molecule has 186 valence electrons. The van der Waals surface area contributed by atoms with Gasteiger partial charge in [-0.1, -0.05) is 35.9 Å². The van der Waals surface area contributed by atoms with E-state index in [1.54, 1.807) is 0 Å². The highest BCUT2D eigenvalue weighted by atomic mass is 16.1. The number of anilines is 2. The van der Waals surface area contributed by atoms with Crippen LogP contribution in [0.1, 0.15) is 42.6 Å². The summed E-state index contributed by atoms with van der Waals surface area (Å²) in [6.07, 6.45) is 3.32. The van der Waals surface area contributed by atoms with Crippen molar-refractivity contribution in [3.63, 3.8) is 0 Å². The smallest absolute Gasteiger partial charge is 0.179 e. The number of carbonyl (C=O) groups excluding carboxylic acids is 1. The van der Waals surface area contributed by atoms with Crippen molar-refractivity contribution >= 4 is 28.2 Å². The maximum absolute atomic E-state index is 13.1. The second-order valence-corrected chi connectivity index (χ2v) is 9.81. The number of aromatic nitrogens is 4. The van der Waals surface area contributed by atoms with Gasteiger partial charge in [0.05, 0.1) is 22.5 Å². The van der Waals surface area contributed by atoms with Gasteiger partial charge in [-0.25, -0.2) is 4.68 Å². The van der Waals surface area contributed by atoms with Crippen LogP contribution in [0, 0.1) is 26.7 Å². The second kappa shape index (κ2) is 10.5. The predicted octanol–water partition coefficient (Wildman–Crippen LogP) is 5.42. The van der Waals surface area contributed by atoms with Gasteiger partial charge in [-0.3, -0.25) is 4.79 Å². The van der Waals surface area contributed by atoms with Gasteiger partial charge in [0.2, 0.25) is 0 Å². The number of ketones is 1. The van der Waals surface area contributed by atoms with E-state index >= 15 is 0 Å². The first kappa shape index (κ1) is 24.0. The molecule has 1 N–H and O–H groups in total. The molecule has 0 saturated carbocycles. The van der Waals surface area contributed by atoms with E-state index in [1.165, 1.54) is 5.56 Å². The van der Waals surface area contributed by atoms with Gasteiger partial charge in [0.25, 0.3) is 0 Å². The summed E-state index contributed by atoms with van der Waals surface area (Å²) in [4.78, 5) is 15.3. The van der Waals surface area contributed by atoms with Gasteiger partial charge in [-0.05, 0) is 64.3 Å². The molecule has 36 heavy (non-hydrogen) atoms. The highest BCUT2D eigenvalue weighted by molar-refractivity contribution is 5.92. The lowest BCUT2D eigenvalue weighted by Gasteiger charge is -2.32. The zero-order valence-electron chi connectivity index (χ0n) is 21.4. The van der Waals surface area contributed by atoms with E-state index in [4.69, 9.17) is 5.10 Å². The number of rotatable bonds is 8. The normalized spacial score (nSPS) is 15.9. The van der Waals surface area contributed by atoms with Crippen molar-refractivity contribution in [1.29, 1.82) is 0 Å². The Labute approximate surface area is 212 Å². The fourth-order valence-corrected chi connectivity index (χ4v) is 5.15. The Morgan fingerprint density at radius 2 is 1.81 bits per heavy atom. The summed E-state index contributed by atoms with van der Waals surface area (Å²) < 4.78 is 1.98. The maximum atomic E-state index is 13.1. The first-order chi connectivity index (χ1) is 17.5. The molecule has 0 amide bonds. The van der Waals surface area contributed by atoms with Crippen LogP contribution in [0.25, 0.3) is 16.6 Å². The van der Waals surface area contributed by atoms with E-state index in [2.05, 4.69) is 58.5 Å². The number of carbonyl (C=O) groups is 1. The molecule has 1 fully saturated rings. The minimum Gasteiger partial charge on any atom is -0.385 e. The minimum absolute atomic E-state index is 0.0221. The van der Waals surface area contributed by atoms with Crippen molar-refractivity contribution in [3.05, 3.63) is 71.5 Å². The number of fused-ring (bicyclic) bond motifs is 1. The fraction of sp³-hybridized carbons (Fsp3) is 0.379. The molecule has 0 radical (unpaired) electrons. The maximum Gasteiger partial charge on any atom is 0.179 e. The standard InChI is InChI=1S/C29H34N6O/c1-20-13-15-25(16-14-20)35-22(3)27-21(2)31-32-29(28(27)33-35)34-18-8-9-23(19-34)26(36)12-7-17-30-24-10-5-4-6-11-24/h4-6,10-11,13-16,23,30H,7-9,12,17-19H2,1-3H3. The molecule has 7 nitrogen and oxygen atoms in total. The molecule has 0 spiro atoms. The molecule has 4 aromatic rings. The molecule has 3 heterocycles. The Hall–Kier alpha value is -3.74. The lowest BCUT2D eigenvalue weighted by molar-refractivity contribution is -0.123. The quantitative estimate of drug-likeness (QED) is 0.338. The third-order valence-corrected chi connectivity index (χ3v) is 7.14. The van der Waals surface area contributed by atoms with Crippen LogP contribution in [0.2, 0.25) is 0 Å². The molecular weight excluding hydrogens is 448 g/mol. The topological polar surface area (TPSA) is 75.9 Å². The molecule has 2 aromatic heterocycles. The number of para-hydroxylation sites is 1. The van der Waals surface area contributed by atoms with Crippen LogP contribution in [0.3, 0.4) is 0 Å². The van der Waals surface area contributed by atoms with Crippen LogP contribution < -0.4 is 10.2 Å². The van der Waals surface area contributed by atoms with Crippen LogP contribution >= 0.6 is 0 Å². The Balaban J connectivity index is 1.31. The minimum atomic E-state index is 0.0221. The zero-order chi connectivity index (χ0) is 25.1. The fourth-order valence-electron chi connectivity index (χ4n) is 5.15. The number of aryl methyl sites for hydroxylation is 3. The number of piperidine rings is 1. The average molecular weight is 483 g/mol. The molecule has 0 aliphatic carbocycles. The van der Waals surface area contributed by atoms with Crippen LogP contribution in [-0.4, -0.2) is 45.4 Å². The highest BCUT2D eigenvalue weighted by Gasteiger charge is 2.29. The zero-order valence-corrected chi connectivity index (χ0v) is 21.4. The molecule has 1 unspecified atom stereocenters. The van der Waals surface area contributed by atoms with Gasteiger partial charge in [-0.2, -0.15) is 10.2 Å². The van der Waals surface area contributed by atoms with Crippen molar-refractivity contribution in [3.8, 4) is 5.69 Å². The number of hydrogen-bond donors (Lipinski definition) is 1. The lowest BCUT2D eigenvalue weighted by Crippen LogP contribution is -2.39. The average Bonchev–Trinajstić information content (AvgIpc) is 3.25. The van der Waals surface area contributed by atoms with Gasteiger partial charge < -0.3 is 10.2 Å². The molecule has 5 rings (SSSR count). The van der Waals surface area contributed by atoms with E-state index in [9.17, 15) is 4.79 Å². The van der Waals surface area contributed by atoms with E-state index in [1.807, 2.05) is 41.9 Å². The van der Waals surface area contributed by atoms with Gasteiger partial charge in [-0.15, -0.1) is 5.10 Å². The Morgan fingerprint density at radius 1 is 1.03 bits per heavy atom. The number of Topliss-reactive ketones (excluding diaryl/α,β-unsaturated/α-hetero) is 1. The van der Waals surface area contributed by atoms with E-state index in [0.717, 1.165) is 71.8 Å². The molecule has 1 aliphatic heterocycles. The van der Waals surface area contributed by atoms with Crippen LogP contribution in [-0.2, 0) is 4.79 Å². The summed E-state index contributed by atoms with van der Waals surface area (Å²) in [5, 5.41) is 18.5. The summed E-state index contributed by atoms with van der Waals surface area (Å²) in [6, 6.07) is 18.5. The number of benzene rings is 2. The Morgan fingerprint density at radius 3 is 2.58 bits per heavy atom. The first-order valence-electron chi connectivity index (χ1n) is 12.9. The second-order valence-electron chi connectivity index (χ2n) is 9.81. The van der Waals surface area contributed by atoms with Crippen molar-refractivity contribution in [2.45, 2.75) is 46.5 Å². The number of hydrogen-bond acceptors (Lipinski definition) is 6. The van der Waals surface area contributed by atoms with Crippen molar-refractivity contribution in [1.82, 2.24) is 20.0 Å². The third-order valence-electron chi connectivity index (χ3n) is 7.14. The predicted molar refractivity (Wildman–Crippen MR) is 145 cm³/mol. The molecule has 0 bridgehead atoms. The highest BCUT2D eigenvalue weighted by Crippen LogP contribution is 2.32. The summed E-state index contributed by atoms with van der Waals surface area (Å²) in [5.74, 6) is 1.15. The monoisotopic (exact) mass is 482 g/mol. The van der Waals surface area contributed by atoms with Gasteiger partial charge >= 0.3 is 0 Å². The van der Waals surface area contributed by atoms with Crippen molar-refractivity contribution in [2.75, 3.05) is 29.9 Å². The summed E-state index contributed by atoms with van der Waals surface area (Å²) in [7, 11) is 0. The Bertz CT molecular complexity index is 1350. The van der Waals surface area contributed by atoms with E-state index in [-0.39, 0.29) is 5.92 Å². The number of nitrogens with zero attached hydrogens (tertiary/aromatic N) is 5. The van der Waals surface area contributed by atoms with Gasteiger partial charge in [0.15, 0.2) is 5.82 Å². The molecule has 2 aromatic carbocycles. The Kier molecular flexibility index (Phi) is 6.98. The van der Waals surface area contributed by atoms with Gasteiger partial charge in [0, 0.05) is 37.7 Å². The van der Waals surface area contributed by atoms with Gasteiger partial charge in [0.1, 0.15) is 11.3 Å². The first-order valence-corrected chi connectivity index (χ1v) is 12.9. The molecule has 1 atom stereocenters. The van der Waals surface area contributed by atoms with Crippen LogP contribution in [0.4, 0.5) is 11.5 Å². The van der Waals surface area contributed by atoms with E-state index in [0.29, 0.717) is 18.7 Å². The van der Waals surface area contributed by atoms with E-state index < -0.39 is 0 Å². The summed E-state index contributed by atoms with van der Waals surface area (Å²) in [5.41, 5.74) is 6.12. The molecule has 7 heteroatoms. The number of nitrogens with one attached hydrogen (secondary N) is 1. The SMILES string of the molecule is Cc1ccc(-n2nc3c(N4CCCC(C(=O)CCCNc5ccccc5)C4)nnc(C)c3c2C)cc1. The molecule has 1 aliphatic rings. The molecule has 1 saturated heterocycles. The summed E-state index contributed by atoms with van der Waals surface area (Å²) in [6.45, 7) is 8.49. The summed E-state index contributed by atoms with van der Waals surface area (Å²) >= 11 is 0. The van der Waals surface area contributed by atoms with Crippen molar-refractivity contribution < 1.29 is 4.79 Å². The third kappa shape index (κ3) is 4.96. The van der Waals surface area contributed by atoms with Crippen LogP contribution in [0.15, 0.2) is 54.6 Å². The van der Waals surface area contributed by atoms with Crippen LogP contribution in [0.5, 0.6) is 0 Å². The van der Waals surface area contributed by atoms with Crippen molar-refractivity contribution in [2.24, 2.45) is 5.92 Å². The largest absolute Gasteiger partial charge is 0.385 e. The lowest BCUT2D eigenvalue weighted by atomic mass is 9.91.